The van der Waals surface area contributed by atoms with Crippen molar-refractivity contribution in [3.63, 3.8) is 0 Å². The zero-order valence-corrected chi connectivity index (χ0v) is 10.9. The molecule has 0 unspecified atom stereocenters. The lowest BCUT2D eigenvalue weighted by Gasteiger charge is -2.07. The van der Waals surface area contributed by atoms with E-state index in [2.05, 4.69) is 15.6 Å². The van der Waals surface area contributed by atoms with Crippen molar-refractivity contribution < 1.29 is 9.90 Å². The highest BCUT2D eigenvalue weighted by Gasteiger charge is 2.06. The zero-order valence-electron chi connectivity index (χ0n) is 10.9. The maximum atomic E-state index is 11.8. The van der Waals surface area contributed by atoms with E-state index in [1.165, 1.54) is 4.68 Å². The maximum absolute atomic E-state index is 11.8. The molecule has 6 nitrogen and oxygen atoms in total. The lowest BCUT2D eigenvalue weighted by molar-refractivity contribution is -0.116. The molecule has 0 bridgehead atoms. The Balaban J connectivity index is 2.00. The summed E-state index contributed by atoms with van der Waals surface area (Å²) < 4.78 is 1.39. The lowest BCUT2D eigenvalue weighted by Crippen LogP contribution is -2.19. The third-order valence-corrected chi connectivity index (χ3v) is 2.56. The average Bonchev–Trinajstić information content (AvgIpc) is 2.74. The molecule has 0 spiro atoms. The Hall–Kier alpha value is -2.21. The van der Waals surface area contributed by atoms with Crippen LogP contribution in [-0.4, -0.2) is 26.0 Å². The highest BCUT2D eigenvalue weighted by molar-refractivity contribution is 5.90. The fourth-order valence-electron chi connectivity index (χ4n) is 1.88. The number of carbonyl (C=O) groups is 1. The number of anilines is 1. The van der Waals surface area contributed by atoms with Gasteiger partial charge in [-0.15, -0.1) is 5.10 Å². The van der Waals surface area contributed by atoms with Crippen molar-refractivity contribution in [2.45, 2.75) is 27.0 Å². The Morgan fingerprint density at radius 2 is 2.00 bits per heavy atom. The molecule has 6 heteroatoms. The monoisotopic (exact) mass is 260 g/mol. The number of rotatable bonds is 4. The molecular formula is C13H16N4O2. The Kier molecular flexibility index (Phi) is 3.91. The molecule has 0 saturated heterocycles. The molecule has 1 amide bonds. The van der Waals surface area contributed by atoms with Gasteiger partial charge in [0.1, 0.15) is 12.2 Å². The minimum Gasteiger partial charge on any atom is -0.390 e. The number of benzene rings is 1. The summed E-state index contributed by atoms with van der Waals surface area (Å²) in [7, 11) is 0. The first-order chi connectivity index (χ1) is 9.06. The first-order valence-corrected chi connectivity index (χ1v) is 5.95. The van der Waals surface area contributed by atoms with Gasteiger partial charge in [0.15, 0.2) is 0 Å². The second kappa shape index (κ2) is 5.62. The number of carbonyl (C=O) groups excluding carboxylic acids is 1. The normalized spacial score (nSPS) is 10.5. The van der Waals surface area contributed by atoms with Crippen molar-refractivity contribution in [3.8, 4) is 0 Å². The fourth-order valence-corrected chi connectivity index (χ4v) is 1.88. The second-order valence-electron chi connectivity index (χ2n) is 4.49. The van der Waals surface area contributed by atoms with Gasteiger partial charge < -0.3 is 10.4 Å². The quantitative estimate of drug-likeness (QED) is 0.860. The minimum atomic E-state index is -0.182. The van der Waals surface area contributed by atoms with Crippen molar-refractivity contribution in [1.82, 2.24) is 15.0 Å². The van der Waals surface area contributed by atoms with Crippen LogP contribution in [0.15, 0.2) is 24.4 Å². The highest BCUT2D eigenvalue weighted by atomic mass is 16.3. The molecule has 100 valence electrons. The number of aliphatic hydroxyl groups excluding tert-OH is 1. The molecule has 0 fully saturated rings. The maximum Gasteiger partial charge on any atom is 0.246 e. The number of hydrogen-bond acceptors (Lipinski definition) is 4. The molecule has 1 aromatic heterocycles. The predicted octanol–water partition coefficient (Wildman–Crippen LogP) is 1.03. The molecule has 0 atom stereocenters. The number of nitrogens with zero attached hydrogens (tertiary/aromatic N) is 3. The number of aryl methyl sites for hydroxylation is 2. The standard InChI is InChI=1S/C13H16N4O2/c1-9-3-10(2)5-11(4-9)14-13(19)7-17-6-12(8-18)15-16-17/h3-6,18H,7-8H2,1-2H3,(H,14,19). The summed E-state index contributed by atoms with van der Waals surface area (Å²) >= 11 is 0. The van der Waals surface area contributed by atoms with Crippen LogP contribution in [0, 0.1) is 13.8 Å². The van der Waals surface area contributed by atoms with Crippen LogP contribution in [0.4, 0.5) is 5.69 Å². The molecule has 19 heavy (non-hydrogen) atoms. The molecule has 0 saturated carbocycles. The SMILES string of the molecule is Cc1cc(C)cc(NC(=O)Cn2cc(CO)nn2)c1. The zero-order chi connectivity index (χ0) is 13.8. The van der Waals surface area contributed by atoms with Gasteiger partial charge in [-0.1, -0.05) is 11.3 Å². The average molecular weight is 260 g/mol. The van der Waals surface area contributed by atoms with Gasteiger partial charge in [0, 0.05) is 5.69 Å². The molecule has 2 rings (SSSR count). The Morgan fingerprint density at radius 3 is 2.58 bits per heavy atom. The molecule has 1 aromatic carbocycles. The molecule has 2 N–H and O–H groups in total. The number of amides is 1. The Bertz CT molecular complexity index is 572. The second-order valence-corrected chi connectivity index (χ2v) is 4.49. The third kappa shape index (κ3) is 3.62. The van der Waals surface area contributed by atoms with E-state index < -0.39 is 0 Å². The van der Waals surface area contributed by atoms with Crippen LogP contribution in [0.5, 0.6) is 0 Å². The van der Waals surface area contributed by atoms with Gasteiger partial charge in [0.2, 0.25) is 5.91 Å². The van der Waals surface area contributed by atoms with Crippen LogP contribution in [-0.2, 0) is 17.9 Å². The molecule has 0 radical (unpaired) electrons. The van der Waals surface area contributed by atoms with E-state index in [0.29, 0.717) is 5.69 Å². The first-order valence-electron chi connectivity index (χ1n) is 5.95. The lowest BCUT2D eigenvalue weighted by atomic mass is 10.1. The topological polar surface area (TPSA) is 80.0 Å². The van der Waals surface area contributed by atoms with E-state index in [-0.39, 0.29) is 19.1 Å². The first kappa shape index (κ1) is 13.2. The van der Waals surface area contributed by atoms with Crippen LogP contribution in [0.2, 0.25) is 0 Å². The molecule has 1 heterocycles. The van der Waals surface area contributed by atoms with Gasteiger partial charge in [-0.05, 0) is 37.1 Å². The van der Waals surface area contributed by atoms with Crippen LogP contribution in [0.1, 0.15) is 16.8 Å². The van der Waals surface area contributed by atoms with Crippen LogP contribution in [0.3, 0.4) is 0 Å². The molecule has 0 aliphatic heterocycles. The van der Waals surface area contributed by atoms with E-state index >= 15 is 0 Å². The van der Waals surface area contributed by atoms with Gasteiger partial charge in [-0.25, -0.2) is 4.68 Å². The number of hydrogen-bond donors (Lipinski definition) is 2. The summed E-state index contributed by atoms with van der Waals surface area (Å²) in [5.41, 5.74) is 3.40. The summed E-state index contributed by atoms with van der Waals surface area (Å²) in [6.45, 7) is 3.85. The predicted molar refractivity (Wildman–Crippen MR) is 70.5 cm³/mol. The van der Waals surface area contributed by atoms with E-state index in [0.717, 1.165) is 16.8 Å². The number of aromatic nitrogens is 3. The molecule has 0 aliphatic rings. The Morgan fingerprint density at radius 1 is 1.32 bits per heavy atom. The van der Waals surface area contributed by atoms with E-state index in [1.807, 2.05) is 32.0 Å². The van der Waals surface area contributed by atoms with Gasteiger partial charge in [0.25, 0.3) is 0 Å². The van der Waals surface area contributed by atoms with Gasteiger partial charge in [0.05, 0.1) is 12.8 Å². The van der Waals surface area contributed by atoms with Crippen LogP contribution in [0.25, 0.3) is 0 Å². The van der Waals surface area contributed by atoms with E-state index in [1.54, 1.807) is 6.20 Å². The summed E-state index contributed by atoms with van der Waals surface area (Å²) in [6.07, 6.45) is 1.54. The van der Waals surface area contributed by atoms with Crippen molar-refractivity contribution in [2.24, 2.45) is 0 Å². The van der Waals surface area contributed by atoms with Crippen molar-refractivity contribution in [1.29, 1.82) is 0 Å². The Labute approximate surface area is 111 Å². The fraction of sp³-hybridized carbons (Fsp3) is 0.308. The number of aliphatic hydroxyl groups is 1. The van der Waals surface area contributed by atoms with Crippen LogP contribution >= 0.6 is 0 Å². The molecule has 2 aromatic rings. The van der Waals surface area contributed by atoms with Crippen molar-refractivity contribution in [3.05, 3.63) is 41.2 Å². The summed E-state index contributed by atoms with van der Waals surface area (Å²) in [6, 6.07) is 5.86. The largest absolute Gasteiger partial charge is 0.390 e. The van der Waals surface area contributed by atoms with E-state index in [4.69, 9.17) is 5.11 Å². The smallest absolute Gasteiger partial charge is 0.246 e. The summed E-state index contributed by atoms with van der Waals surface area (Å²) in [5, 5.41) is 19.1. The van der Waals surface area contributed by atoms with Crippen LogP contribution < -0.4 is 5.32 Å². The van der Waals surface area contributed by atoms with Gasteiger partial charge in [-0.2, -0.15) is 0 Å². The van der Waals surface area contributed by atoms with Gasteiger partial charge in [-0.3, -0.25) is 4.79 Å². The van der Waals surface area contributed by atoms with E-state index in [9.17, 15) is 4.79 Å². The molecular weight excluding hydrogens is 244 g/mol. The highest BCUT2D eigenvalue weighted by Crippen LogP contribution is 2.13. The van der Waals surface area contributed by atoms with Crippen molar-refractivity contribution in [2.75, 3.05) is 5.32 Å². The summed E-state index contributed by atoms with van der Waals surface area (Å²) in [5.74, 6) is -0.181. The minimum absolute atomic E-state index is 0.0694. The molecule has 0 aliphatic carbocycles. The summed E-state index contributed by atoms with van der Waals surface area (Å²) in [4.78, 5) is 11.8. The third-order valence-electron chi connectivity index (χ3n) is 2.56. The van der Waals surface area contributed by atoms with Gasteiger partial charge >= 0.3 is 0 Å². The van der Waals surface area contributed by atoms with Crippen molar-refractivity contribution >= 4 is 11.6 Å². The number of nitrogens with one attached hydrogen (secondary N) is 1.